The molecule has 0 amide bonds. The number of rotatable bonds is 1. The Labute approximate surface area is 69.5 Å². The third-order valence-electron chi connectivity index (χ3n) is 1.23. The zero-order valence-corrected chi connectivity index (χ0v) is 7.28. The van der Waals surface area contributed by atoms with E-state index in [0.29, 0.717) is 5.02 Å². The van der Waals surface area contributed by atoms with Gasteiger partial charge in [0.05, 0.1) is 0 Å². The van der Waals surface area contributed by atoms with Crippen molar-refractivity contribution in [3.8, 4) is 0 Å². The van der Waals surface area contributed by atoms with Crippen LogP contribution >= 0.6 is 19.5 Å². The van der Waals surface area contributed by atoms with Gasteiger partial charge in [0, 0.05) is 0 Å². The number of hydrogen-bond donors (Lipinski definition) is 3. The molecule has 0 spiro atoms. The van der Waals surface area contributed by atoms with Crippen LogP contribution in [0.25, 0.3) is 0 Å². The third kappa shape index (κ3) is 2.40. The average Bonchev–Trinajstić information content (AvgIpc) is 1.86. The monoisotopic (exact) mass is 194 g/mol. The molecule has 0 bridgehead atoms. The fraction of sp³-hybridized carbons (Fsp3) is 0. The van der Waals surface area contributed by atoms with Crippen LogP contribution in [-0.4, -0.2) is 14.7 Å². The molecule has 3 nitrogen and oxygen atoms in total. The second kappa shape index (κ2) is 3.05. The van der Waals surface area contributed by atoms with Crippen molar-refractivity contribution >= 4 is 24.8 Å². The number of halogens is 1. The second-order valence-electron chi connectivity index (χ2n) is 2.14. The zero-order valence-electron chi connectivity index (χ0n) is 5.53. The van der Waals surface area contributed by atoms with Crippen LogP contribution in [0.3, 0.4) is 0 Å². The van der Waals surface area contributed by atoms with Crippen molar-refractivity contribution in [3.05, 3.63) is 29.3 Å². The van der Waals surface area contributed by atoms with Gasteiger partial charge in [-0.1, -0.05) is 0 Å². The molecule has 0 aliphatic heterocycles. The first kappa shape index (κ1) is 8.91. The van der Waals surface area contributed by atoms with Crippen molar-refractivity contribution in [1.29, 1.82) is 0 Å². The molecule has 62 valence electrons. The van der Waals surface area contributed by atoms with Gasteiger partial charge in [-0.05, 0) is 0 Å². The molecule has 0 saturated heterocycles. The molecule has 11 heavy (non-hydrogen) atoms. The van der Waals surface area contributed by atoms with E-state index in [1.807, 2.05) is 0 Å². The molecule has 0 aromatic heterocycles. The van der Waals surface area contributed by atoms with Gasteiger partial charge < -0.3 is 0 Å². The Morgan fingerprint density at radius 2 is 1.45 bits per heavy atom. The van der Waals surface area contributed by atoms with Gasteiger partial charge in [-0.3, -0.25) is 0 Å². The third-order valence-corrected chi connectivity index (χ3v) is 2.59. The van der Waals surface area contributed by atoms with Crippen molar-refractivity contribution in [2.24, 2.45) is 0 Å². The van der Waals surface area contributed by atoms with Crippen LogP contribution in [0.5, 0.6) is 0 Å². The van der Waals surface area contributed by atoms with E-state index >= 15 is 0 Å². The molecule has 0 aliphatic rings. The van der Waals surface area contributed by atoms with Gasteiger partial charge in [0.2, 0.25) is 0 Å². The number of benzene rings is 1. The summed E-state index contributed by atoms with van der Waals surface area (Å²) in [6, 6.07) is 5.74. The summed E-state index contributed by atoms with van der Waals surface area (Å²) in [5.74, 6) is 0. The SMILES string of the molecule is O[PH](O)(O)c1ccc(Cl)cc1. The van der Waals surface area contributed by atoms with E-state index in [1.54, 1.807) is 0 Å². The predicted molar refractivity (Wildman–Crippen MR) is 46.1 cm³/mol. The predicted octanol–water partition coefficient (Wildman–Crippen LogP) is 0.437. The van der Waals surface area contributed by atoms with E-state index in [9.17, 15) is 0 Å². The standard InChI is InChI=1S/C6H8ClO3P/c7-5-1-3-6(4-2-5)11(8,9)10/h1-4,8-11H. The zero-order chi connectivity index (χ0) is 8.48. The molecule has 1 rings (SSSR count). The normalized spacial score (nSPS) is 13.1. The fourth-order valence-corrected chi connectivity index (χ4v) is 1.41. The summed E-state index contributed by atoms with van der Waals surface area (Å²) in [7, 11) is -4.11. The maximum atomic E-state index is 8.79. The molecule has 1 aromatic rings. The van der Waals surface area contributed by atoms with Gasteiger partial charge >= 0.3 is 68.8 Å². The molecule has 0 atom stereocenters. The molecule has 0 fully saturated rings. The van der Waals surface area contributed by atoms with Crippen molar-refractivity contribution in [3.63, 3.8) is 0 Å². The van der Waals surface area contributed by atoms with Crippen LogP contribution in [0.15, 0.2) is 24.3 Å². The van der Waals surface area contributed by atoms with Gasteiger partial charge in [0.1, 0.15) is 0 Å². The molecule has 1 aromatic carbocycles. The summed E-state index contributed by atoms with van der Waals surface area (Å²) < 4.78 is 0. The Kier molecular flexibility index (Phi) is 2.47. The van der Waals surface area contributed by atoms with E-state index in [1.165, 1.54) is 24.3 Å². The number of hydrogen-bond acceptors (Lipinski definition) is 3. The first-order valence-corrected chi connectivity index (χ1v) is 5.15. The van der Waals surface area contributed by atoms with Crippen LogP contribution < -0.4 is 5.30 Å². The summed E-state index contributed by atoms with van der Waals surface area (Å²) in [5, 5.41) is 0.619. The molecule has 0 heterocycles. The molecular weight excluding hydrogens is 186 g/mol. The Balaban J connectivity index is 2.99. The molecular formula is C6H8ClO3P. The van der Waals surface area contributed by atoms with E-state index < -0.39 is 7.94 Å². The minimum absolute atomic E-state index is 0.127. The van der Waals surface area contributed by atoms with Crippen molar-refractivity contribution < 1.29 is 14.7 Å². The van der Waals surface area contributed by atoms with Gasteiger partial charge in [-0.25, -0.2) is 0 Å². The Hall–Kier alpha value is -0.180. The molecule has 0 unspecified atom stereocenters. The van der Waals surface area contributed by atoms with E-state index in [0.717, 1.165) is 0 Å². The van der Waals surface area contributed by atoms with Crippen LogP contribution in [0.1, 0.15) is 0 Å². The Morgan fingerprint density at radius 1 is 1.00 bits per heavy atom. The molecule has 0 saturated carbocycles. The van der Waals surface area contributed by atoms with Crippen LogP contribution in [0, 0.1) is 0 Å². The minimum atomic E-state index is -4.11. The van der Waals surface area contributed by atoms with Crippen LogP contribution in [-0.2, 0) is 0 Å². The van der Waals surface area contributed by atoms with Crippen LogP contribution in [0.4, 0.5) is 0 Å². The fourth-order valence-electron chi connectivity index (χ4n) is 0.673. The van der Waals surface area contributed by atoms with Crippen molar-refractivity contribution in [2.75, 3.05) is 0 Å². The van der Waals surface area contributed by atoms with E-state index in [2.05, 4.69) is 0 Å². The van der Waals surface area contributed by atoms with Crippen LogP contribution in [0.2, 0.25) is 5.02 Å². The first-order chi connectivity index (χ1) is 5.00. The summed E-state index contributed by atoms with van der Waals surface area (Å²) in [6.07, 6.45) is 0. The summed E-state index contributed by atoms with van der Waals surface area (Å²) in [6.45, 7) is 0. The van der Waals surface area contributed by atoms with Gasteiger partial charge in [0.15, 0.2) is 0 Å². The summed E-state index contributed by atoms with van der Waals surface area (Å²) in [5.41, 5.74) is 0. The molecule has 0 aliphatic carbocycles. The quantitative estimate of drug-likeness (QED) is 0.569. The van der Waals surface area contributed by atoms with E-state index in [4.69, 9.17) is 26.3 Å². The van der Waals surface area contributed by atoms with E-state index in [-0.39, 0.29) is 5.30 Å². The van der Waals surface area contributed by atoms with Gasteiger partial charge in [-0.15, -0.1) is 0 Å². The maximum absolute atomic E-state index is 8.79. The second-order valence-corrected chi connectivity index (χ2v) is 4.43. The average molecular weight is 195 g/mol. The van der Waals surface area contributed by atoms with Crippen molar-refractivity contribution in [2.45, 2.75) is 0 Å². The topological polar surface area (TPSA) is 60.7 Å². The first-order valence-electron chi connectivity index (χ1n) is 2.93. The molecule has 5 heteroatoms. The summed E-state index contributed by atoms with van der Waals surface area (Å²) >= 11 is 5.53. The summed E-state index contributed by atoms with van der Waals surface area (Å²) in [4.78, 5) is 26.4. The molecule has 3 N–H and O–H groups in total. The Bertz CT molecular complexity index is 241. The molecule has 0 radical (unpaired) electrons. The van der Waals surface area contributed by atoms with Gasteiger partial charge in [0.25, 0.3) is 0 Å². The van der Waals surface area contributed by atoms with Crippen molar-refractivity contribution in [1.82, 2.24) is 0 Å². The van der Waals surface area contributed by atoms with Gasteiger partial charge in [-0.2, -0.15) is 0 Å². The Morgan fingerprint density at radius 3 is 1.82 bits per heavy atom.